The Hall–Kier alpha value is -3.23. The van der Waals surface area contributed by atoms with Crippen molar-refractivity contribution in [3.63, 3.8) is 0 Å². The number of hydrogen-bond donors (Lipinski definition) is 4. The summed E-state index contributed by atoms with van der Waals surface area (Å²) in [6.45, 7) is 5.20. The molecule has 2 aromatic carbocycles. The van der Waals surface area contributed by atoms with E-state index >= 15 is 0 Å². The maximum atomic E-state index is 12.0. The molecule has 34 heavy (non-hydrogen) atoms. The van der Waals surface area contributed by atoms with Crippen molar-refractivity contribution in [2.24, 2.45) is 0 Å². The molecule has 2 rings (SSSR count). The van der Waals surface area contributed by atoms with Crippen molar-refractivity contribution in [3.8, 4) is 5.75 Å². The highest BCUT2D eigenvalue weighted by Gasteiger charge is 2.41. The SMILES string of the molecule is CCC(CCNC(C)Cc1ccc(OC(=O)CC(O)(CC(=O)O)C(=O)O)cc1)c1ccccc1. The molecule has 8 heteroatoms. The average molecular weight is 472 g/mol. The van der Waals surface area contributed by atoms with E-state index in [0.717, 1.165) is 31.4 Å². The zero-order valence-corrected chi connectivity index (χ0v) is 19.6. The molecule has 0 saturated heterocycles. The van der Waals surface area contributed by atoms with Crippen LogP contribution in [0.15, 0.2) is 54.6 Å². The Morgan fingerprint density at radius 1 is 1.00 bits per heavy atom. The van der Waals surface area contributed by atoms with Crippen LogP contribution < -0.4 is 10.1 Å². The van der Waals surface area contributed by atoms with Gasteiger partial charge in [-0.25, -0.2) is 4.79 Å². The lowest BCUT2D eigenvalue weighted by Crippen LogP contribution is -2.43. The molecule has 0 radical (unpaired) electrons. The third-order valence-corrected chi connectivity index (χ3v) is 5.72. The molecule has 0 spiro atoms. The van der Waals surface area contributed by atoms with Crippen LogP contribution in [0.4, 0.5) is 0 Å². The van der Waals surface area contributed by atoms with Gasteiger partial charge in [0.2, 0.25) is 0 Å². The largest absolute Gasteiger partial charge is 0.481 e. The van der Waals surface area contributed by atoms with E-state index in [0.29, 0.717) is 5.92 Å². The normalized spacial score (nSPS) is 14.6. The second-order valence-electron chi connectivity index (χ2n) is 8.57. The molecule has 0 saturated carbocycles. The minimum absolute atomic E-state index is 0.186. The molecule has 3 atom stereocenters. The van der Waals surface area contributed by atoms with Gasteiger partial charge in [0.05, 0.1) is 12.8 Å². The van der Waals surface area contributed by atoms with Crippen LogP contribution in [0.5, 0.6) is 5.75 Å². The number of benzene rings is 2. The zero-order chi connectivity index (χ0) is 25.1. The summed E-state index contributed by atoms with van der Waals surface area (Å²) in [5, 5.41) is 31.3. The zero-order valence-electron chi connectivity index (χ0n) is 19.6. The van der Waals surface area contributed by atoms with Crippen molar-refractivity contribution >= 4 is 17.9 Å². The standard InChI is InChI=1S/C26H33NO7/c1-3-20(21-7-5-4-6-8-21)13-14-27-18(2)15-19-9-11-22(12-10-19)34-24(30)17-26(33,25(31)32)16-23(28)29/h4-12,18,20,27,33H,3,13-17H2,1-2H3,(H,28,29)(H,31,32). The number of carboxylic acid groups (broad SMARTS) is 2. The highest BCUT2D eigenvalue weighted by Crippen LogP contribution is 2.23. The summed E-state index contributed by atoms with van der Waals surface area (Å²) in [6.07, 6.45) is 0.823. The number of nitrogens with one attached hydrogen (secondary N) is 1. The Bertz CT molecular complexity index is 945. The van der Waals surface area contributed by atoms with E-state index in [4.69, 9.17) is 14.9 Å². The number of carboxylic acids is 2. The number of esters is 1. The fourth-order valence-electron chi connectivity index (χ4n) is 3.83. The monoisotopic (exact) mass is 471 g/mol. The Morgan fingerprint density at radius 3 is 2.21 bits per heavy atom. The topological polar surface area (TPSA) is 133 Å². The van der Waals surface area contributed by atoms with Gasteiger partial charge in [0.25, 0.3) is 0 Å². The van der Waals surface area contributed by atoms with Crippen molar-refractivity contribution in [1.29, 1.82) is 0 Å². The number of aliphatic hydroxyl groups is 1. The predicted octanol–water partition coefficient (Wildman–Crippen LogP) is 3.38. The first-order valence-corrected chi connectivity index (χ1v) is 11.4. The summed E-state index contributed by atoms with van der Waals surface area (Å²) >= 11 is 0. The number of ether oxygens (including phenoxy) is 1. The molecule has 0 aliphatic carbocycles. The number of hydrogen-bond acceptors (Lipinski definition) is 6. The van der Waals surface area contributed by atoms with Crippen LogP contribution in [-0.2, 0) is 20.8 Å². The third-order valence-electron chi connectivity index (χ3n) is 5.72. The van der Waals surface area contributed by atoms with Gasteiger partial charge < -0.3 is 25.4 Å². The molecule has 0 bridgehead atoms. The molecule has 0 fully saturated rings. The fourth-order valence-corrected chi connectivity index (χ4v) is 3.83. The Morgan fingerprint density at radius 2 is 1.65 bits per heavy atom. The molecule has 3 unspecified atom stereocenters. The first kappa shape index (κ1) is 27.0. The van der Waals surface area contributed by atoms with E-state index in [-0.39, 0.29) is 11.8 Å². The van der Waals surface area contributed by atoms with E-state index in [9.17, 15) is 19.5 Å². The van der Waals surface area contributed by atoms with E-state index in [2.05, 4.69) is 43.4 Å². The van der Waals surface area contributed by atoms with Crippen LogP contribution in [0.1, 0.15) is 56.6 Å². The van der Waals surface area contributed by atoms with E-state index in [1.807, 2.05) is 6.07 Å². The summed E-state index contributed by atoms with van der Waals surface area (Å²) < 4.78 is 5.08. The summed E-state index contributed by atoms with van der Waals surface area (Å²) in [5.74, 6) is -3.65. The second-order valence-corrected chi connectivity index (χ2v) is 8.57. The van der Waals surface area contributed by atoms with Crippen LogP contribution in [0.2, 0.25) is 0 Å². The Labute approximate surface area is 199 Å². The highest BCUT2D eigenvalue weighted by atomic mass is 16.5. The van der Waals surface area contributed by atoms with Crippen LogP contribution >= 0.6 is 0 Å². The van der Waals surface area contributed by atoms with Gasteiger partial charge in [0.1, 0.15) is 5.75 Å². The van der Waals surface area contributed by atoms with Crippen LogP contribution in [0.25, 0.3) is 0 Å². The van der Waals surface area contributed by atoms with Gasteiger partial charge in [0.15, 0.2) is 5.60 Å². The summed E-state index contributed by atoms with van der Waals surface area (Å²) in [6, 6.07) is 17.5. The van der Waals surface area contributed by atoms with Crippen LogP contribution in [-0.4, -0.2) is 51.4 Å². The van der Waals surface area contributed by atoms with Gasteiger partial charge in [-0.3, -0.25) is 9.59 Å². The molecule has 2 aromatic rings. The lowest BCUT2D eigenvalue weighted by molar-refractivity contribution is -0.169. The van der Waals surface area contributed by atoms with Crippen LogP contribution in [0.3, 0.4) is 0 Å². The quantitative estimate of drug-likeness (QED) is 0.243. The van der Waals surface area contributed by atoms with E-state index in [1.54, 1.807) is 24.3 Å². The summed E-state index contributed by atoms with van der Waals surface area (Å²) in [4.78, 5) is 34.0. The minimum Gasteiger partial charge on any atom is -0.481 e. The minimum atomic E-state index is -2.72. The Balaban J connectivity index is 1.82. The van der Waals surface area contributed by atoms with E-state index in [1.165, 1.54) is 5.56 Å². The van der Waals surface area contributed by atoms with E-state index < -0.39 is 36.4 Å². The van der Waals surface area contributed by atoms with Gasteiger partial charge in [0, 0.05) is 6.04 Å². The van der Waals surface area contributed by atoms with Crippen LogP contribution in [0, 0.1) is 0 Å². The summed E-state index contributed by atoms with van der Waals surface area (Å²) in [7, 11) is 0. The maximum Gasteiger partial charge on any atom is 0.336 e. The van der Waals surface area contributed by atoms with Crippen molar-refractivity contribution < 1.29 is 34.4 Å². The van der Waals surface area contributed by atoms with Gasteiger partial charge in [-0.1, -0.05) is 49.4 Å². The molecule has 0 aromatic heterocycles. The smallest absolute Gasteiger partial charge is 0.336 e. The number of carbonyl (C=O) groups is 3. The first-order valence-electron chi connectivity index (χ1n) is 11.4. The highest BCUT2D eigenvalue weighted by molar-refractivity contribution is 5.89. The fraction of sp³-hybridized carbons (Fsp3) is 0.423. The lowest BCUT2D eigenvalue weighted by atomic mass is 9.93. The van der Waals surface area contributed by atoms with Gasteiger partial charge in [-0.2, -0.15) is 0 Å². The third kappa shape index (κ3) is 8.61. The molecular weight excluding hydrogens is 438 g/mol. The predicted molar refractivity (Wildman–Crippen MR) is 127 cm³/mol. The van der Waals surface area contributed by atoms with Crippen molar-refractivity contribution in [2.75, 3.05) is 6.54 Å². The number of carbonyl (C=O) groups excluding carboxylic acids is 1. The van der Waals surface area contributed by atoms with Gasteiger partial charge >= 0.3 is 17.9 Å². The van der Waals surface area contributed by atoms with Crippen molar-refractivity contribution in [3.05, 3.63) is 65.7 Å². The molecule has 0 amide bonds. The first-order chi connectivity index (χ1) is 16.1. The van der Waals surface area contributed by atoms with Gasteiger partial charge in [-0.05, 0) is 61.9 Å². The number of rotatable bonds is 14. The summed E-state index contributed by atoms with van der Waals surface area (Å²) in [5.41, 5.74) is -0.335. The molecule has 0 aliphatic heterocycles. The lowest BCUT2D eigenvalue weighted by Gasteiger charge is -2.20. The van der Waals surface area contributed by atoms with Gasteiger partial charge in [-0.15, -0.1) is 0 Å². The van der Waals surface area contributed by atoms with Crippen molar-refractivity contribution in [1.82, 2.24) is 5.32 Å². The average Bonchev–Trinajstić information content (AvgIpc) is 2.78. The van der Waals surface area contributed by atoms with Crippen molar-refractivity contribution in [2.45, 2.75) is 63.5 Å². The molecule has 0 heterocycles. The maximum absolute atomic E-state index is 12.0. The molecule has 8 nitrogen and oxygen atoms in total. The molecule has 4 N–H and O–H groups in total. The second kappa shape index (κ2) is 12.9. The number of aliphatic carboxylic acids is 2. The molecule has 0 aliphatic rings. The molecular formula is C26H33NO7. The Kier molecular flexibility index (Phi) is 10.2. The molecule has 184 valence electrons.